The molecule has 0 aromatic heterocycles. The van der Waals surface area contributed by atoms with Crippen molar-refractivity contribution in [2.24, 2.45) is 0 Å². The molecule has 0 fully saturated rings. The van der Waals surface area contributed by atoms with Crippen molar-refractivity contribution in [3.05, 3.63) is 35.6 Å². The number of nitrogens with zero attached hydrogens (tertiary/aromatic N) is 1. The molecule has 1 aromatic rings. The standard InChI is InChI=1S/C10H11BrFNO/c1-13(10(11)14)7-6-8-2-4-9(12)5-3-8/h2-5H,6-7H2,1H3. The van der Waals surface area contributed by atoms with Gasteiger partial charge in [0.25, 0.3) is 4.82 Å². The fourth-order valence-corrected chi connectivity index (χ4v) is 1.21. The fourth-order valence-electron chi connectivity index (χ4n) is 1.04. The van der Waals surface area contributed by atoms with E-state index < -0.39 is 0 Å². The summed E-state index contributed by atoms with van der Waals surface area (Å²) >= 11 is 2.85. The Labute approximate surface area is 90.8 Å². The van der Waals surface area contributed by atoms with Crippen LogP contribution in [-0.4, -0.2) is 23.3 Å². The predicted octanol–water partition coefficient (Wildman–Crippen LogP) is 2.81. The Hall–Kier alpha value is -0.900. The molecular weight excluding hydrogens is 249 g/mol. The van der Waals surface area contributed by atoms with Crippen LogP contribution in [0.5, 0.6) is 0 Å². The third-order valence-corrected chi connectivity index (χ3v) is 2.55. The van der Waals surface area contributed by atoms with Crippen molar-refractivity contribution >= 4 is 20.7 Å². The molecule has 1 aromatic carbocycles. The van der Waals surface area contributed by atoms with Gasteiger partial charge in [-0.1, -0.05) is 12.1 Å². The summed E-state index contributed by atoms with van der Waals surface area (Å²) in [7, 11) is 1.71. The van der Waals surface area contributed by atoms with Crippen LogP contribution < -0.4 is 0 Å². The lowest BCUT2D eigenvalue weighted by atomic mass is 10.1. The van der Waals surface area contributed by atoms with Gasteiger partial charge in [0.1, 0.15) is 5.82 Å². The lowest BCUT2D eigenvalue weighted by Crippen LogP contribution is -2.23. The number of hydrogen-bond donors (Lipinski definition) is 0. The zero-order valence-corrected chi connectivity index (χ0v) is 9.42. The third-order valence-electron chi connectivity index (χ3n) is 1.95. The molecule has 0 spiro atoms. The number of hydrogen-bond acceptors (Lipinski definition) is 1. The number of carbonyl (C=O) groups is 1. The maximum atomic E-state index is 12.5. The van der Waals surface area contributed by atoms with Gasteiger partial charge in [0, 0.05) is 29.5 Å². The maximum Gasteiger partial charge on any atom is 0.289 e. The molecule has 14 heavy (non-hydrogen) atoms. The van der Waals surface area contributed by atoms with E-state index in [2.05, 4.69) is 15.9 Å². The molecule has 4 heteroatoms. The number of carbonyl (C=O) groups excluding carboxylic acids is 1. The van der Waals surface area contributed by atoms with E-state index >= 15 is 0 Å². The molecule has 0 saturated heterocycles. The second kappa shape index (κ2) is 5.10. The van der Waals surface area contributed by atoms with Crippen LogP contribution in [0.25, 0.3) is 0 Å². The van der Waals surface area contributed by atoms with Crippen molar-refractivity contribution < 1.29 is 9.18 Å². The smallest absolute Gasteiger partial charge is 0.289 e. The highest BCUT2D eigenvalue weighted by atomic mass is 79.9. The van der Waals surface area contributed by atoms with Gasteiger partial charge in [-0.25, -0.2) is 4.39 Å². The van der Waals surface area contributed by atoms with Crippen LogP contribution >= 0.6 is 15.9 Å². The second-order valence-electron chi connectivity index (χ2n) is 3.05. The number of likely N-dealkylation sites (N-methyl/N-ethyl adjacent to an activating group) is 1. The number of halogens is 2. The van der Waals surface area contributed by atoms with E-state index in [0.29, 0.717) is 6.54 Å². The maximum absolute atomic E-state index is 12.5. The van der Waals surface area contributed by atoms with Gasteiger partial charge < -0.3 is 4.90 Å². The van der Waals surface area contributed by atoms with Gasteiger partial charge in [-0.15, -0.1) is 0 Å². The Bertz CT molecular complexity index is 312. The molecular formula is C10H11BrFNO. The highest BCUT2D eigenvalue weighted by molar-refractivity contribution is 9.18. The van der Waals surface area contributed by atoms with Crippen LogP contribution in [0.2, 0.25) is 0 Å². The van der Waals surface area contributed by atoms with Gasteiger partial charge in [-0.05, 0) is 24.1 Å². The van der Waals surface area contributed by atoms with Crippen LogP contribution in [0.3, 0.4) is 0 Å². The molecule has 1 amide bonds. The molecule has 0 unspecified atom stereocenters. The Morgan fingerprint density at radius 2 is 2.00 bits per heavy atom. The topological polar surface area (TPSA) is 20.3 Å². The van der Waals surface area contributed by atoms with Crippen LogP contribution in [-0.2, 0) is 6.42 Å². The van der Waals surface area contributed by atoms with Crippen molar-refractivity contribution in [1.29, 1.82) is 0 Å². The van der Waals surface area contributed by atoms with E-state index in [4.69, 9.17) is 0 Å². The molecule has 0 N–H and O–H groups in total. The average molecular weight is 260 g/mol. The Balaban J connectivity index is 2.46. The van der Waals surface area contributed by atoms with Crippen LogP contribution in [0, 0.1) is 5.82 Å². The normalized spacial score (nSPS) is 9.93. The minimum atomic E-state index is -0.237. The summed E-state index contributed by atoms with van der Waals surface area (Å²) in [6, 6.07) is 6.29. The van der Waals surface area contributed by atoms with E-state index in [1.54, 1.807) is 24.1 Å². The van der Waals surface area contributed by atoms with Crippen LogP contribution in [0.4, 0.5) is 9.18 Å². The molecule has 1 rings (SSSR count). The van der Waals surface area contributed by atoms with E-state index in [0.717, 1.165) is 12.0 Å². The van der Waals surface area contributed by atoms with Gasteiger partial charge in [-0.3, -0.25) is 4.79 Å². The van der Waals surface area contributed by atoms with Gasteiger partial charge in [0.15, 0.2) is 0 Å². The first-order valence-electron chi connectivity index (χ1n) is 4.24. The van der Waals surface area contributed by atoms with Crippen molar-refractivity contribution in [1.82, 2.24) is 4.90 Å². The van der Waals surface area contributed by atoms with Crippen molar-refractivity contribution in [3.8, 4) is 0 Å². The number of amides is 1. The largest absolute Gasteiger partial charge is 0.336 e. The zero-order valence-electron chi connectivity index (χ0n) is 7.84. The molecule has 0 bridgehead atoms. The van der Waals surface area contributed by atoms with Gasteiger partial charge in [0.05, 0.1) is 0 Å². The van der Waals surface area contributed by atoms with E-state index in [-0.39, 0.29) is 10.6 Å². The summed E-state index contributed by atoms with van der Waals surface area (Å²) < 4.78 is 12.5. The quantitative estimate of drug-likeness (QED) is 0.604. The van der Waals surface area contributed by atoms with Crippen molar-refractivity contribution in [2.45, 2.75) is 6.42 Å². The number of rotatable bonds is 3. The van der Waals surface area contributed by atoms with E-state index in [1.807, 2.05) is 0 Å². The molecule has 76 valence electrons. The zero-order chi connectivity index (χ0) is 10.6. The summed E-state index contributed by atoms with van der Waals surface area (Å²) in [5, 5.41) is 0. The Morgan fingerprint density at radius 1 is 1.43 bits per heavy atom. The van der Waals surface area contributed by atoms with Crippen LogP contribution in [0.15, 0.2) is 24.3 Å². The summed E-state index contributed by atoms with van der Waals surface area (Å²) in [5.74, 6) is -0.237. The summed E-state index contributed by atoms with van der Waals surface area (Å²) in [5.41, 5.74) is 1.02. The lowest BCUT2D eigenvalue weighted by molar-refractivity contribution is 0.235. The third kappa shape index (κ3) is 3.46. The lowest BCUT2D eigenvalue weighted by Gasteiger charge is -2.12. The monoisotopic (exact) mass is 259 g/mol. The molecule has 0 aliphatic rings. The summed E-state index contributed by atoms with van der Waals surface area (Å²) in [6.45, 7) is 0.621. The Morgan fingerprint density at radius 3 is 2.50 bits per heavy atom. The molecule has 0 aliphatic heterocycles. The molecule has 0 radical (unpaired) electrons. The summed E-state index contributed by atoms with van der Waals surface area (Å²) in [4.78, 5) is 12.2. The molecule has 2 nitrogen and oxygen atoms in total. The first-order valence-corrected chi connectivity index (χ1v) is 5.04. The predicted molar refractivity (Wildman–Crippen MR) is 57.1 cm³/mol. The highest BCUT2D eigenvalue weighted by Gasteiger charge is 2.03. The minimum Gasteiger partial charge on any atom is -0.336 e. The first-order chi connectivity index (χ1) is 6.59. The molecule has 0 atom stereocenters. The fraction of sp³-hybridized carbons (Fsp3) is 0.300. The molecule has 0 aliphatic carbocycles. The van der Waals surface area contributed by atoms with Gasteiger partial charge in [-0.2, -0.15) is 0 Å². The van der Waals surface area contributed by atoms with Gasteiger partial charge in [0.2, 0.25) is 0 Å². The first kappa shape index (κ1) is 11.2. The average Bonchev–Trinajstić information content (AvgIpc) is 2.16. The summed E-state index contributed by atoms with van der Waals surface area (Å²) in [6.07, 6.45) is 0.730. The SMILES string of the molecule is CN(CCc1ccc(F)cc1)C(=O)Br. The van der Waals surface area contributed by atoms with E-state index in [9.17, 15) is 9.18 Å². The van der Waals surface area contributed by atoms with Gasteiger partial charge >= 0.3 is 0 Å². The Kier molecular flexibility index (Phi) is 4.07. The molecule has 0 saturated carbocycles. The highest BCUT2D eigenvalue weighted by Crippen LogP contribution is 2.05. The second-order valence-corrected chi connectivity index (χ2v) is 3.73. The molecule has 0 heterocycles. The number of benzene rings is 1. The minimum absolute atomic E-state index is 0.139. The van der Waals surface area contributed by atoms with Crippen LogP contribution in [0.1, 0.15) is 5.56 Å². The van der Waals surface area contributed by atoms with Crippen molar-refractivity contribution in [2.75, 3.05) is 13.6 Å². The van der Waals surface area contributed by atoms with E-state index in [1.165, 1.54) is 12.1 Å². The van der Waals surface area contributed by atoms with Crippen molar-refractivity contribution in [3.63, 3.8) is 0 Å².